The number of aryl methyl sites for hydroxylation is 1. The van der Waals surface area contributed by atoms with Crippen LogP contribution in [0.1, 0.15) is 13.3 Å². The molecule has 0 fully saturated rings. The maximum Gasteiger partial charge on any atom is 0.422 e. The van der Waals surface area contributed by atoms with Crippen molar-refractivity contribution >= 4 is 12.0 Å². The molecule has 7 nitrogen and oxygen atoms in total. The highest BCUT2D eigenvalue weighted by Gasteiger charge is 2.58. The minimum Gasteiger partial charge on any atom is -0.479 e. The molecule has 1 aromatic rings. The number of alkyl halides is 3. The molecule has 1 heterocycles. The van der Waals surface area contributed by atoms with Gasteiger partial charge in [-0.15, -0.1) is 0 Å². The monoisotopic (exact) mass is 308 g/mol. The Labute approximate surface area is 118 Å². The molecule has 3 N–H and O–H groups in total. The summed E-state index contributed by atoms with van der Waals surface area (Å²) < 4.78 is 39.7. The molecule has 2 amide bonds. The van der Waals surface area contributed by atoms with Crippen LogP contribution in [0.2, 0.25) is 0 Å². The second kappa shape index (κ2) is 6.46. The molecule has 21 heavy (non-hydrogen) atoms. The molecule has 0 saturated heterocycles. The molecule has 10 heteroatoms. The Hall–Kier alpha value is -2.26. The van der Waals surface area contributed by atoms with Crippen molar-refractivity contribution in [2.24, 2.45) is 0 Å². The number of carboxylic acid groups (broad SMARTS) is 1. The second-order valence-electron chi connectivity index (χ2n) is 4.46. The fourth-order valence-corrected chi connectivity index (χ4v) is 1.40. The maximum absolute atomic E-state index is 12.7. The van der Waals surface area contributed by atoms with Crippen molar-refractivity contribution in [3.63, 3.8) is 0 Å². The molecule has 1 aromatic heterocycles. The van der Waals surface area contributed by atoms with Gasteiger partial charge in [0.15, 0.2) is 0 Å². The Morgan fingerprint density at radius 3 is 2.52 bits per heavy atom. The van der Waals surface area contributed by atoms with Crippen LogP contribution in [0.3, 0.4) is 0 Å². The zero-order chi connectivity index (χ0) is 16.1. The zero-order valence-electron chi connectivity index (χ0n) is 11.1. The first-order chi connectivity index (χ1) is 9.67. The fourth-order valence-electron chi connectivity index (χ4n) is 1.40. The minimum atomic E-state index is -5.10. The van der Waals surface area contributed by atoms with Crippen LogP contribution >= 0.6 is 0 Å². The average molecular weight is 308 g/mol. The number of halogens is 3. The van der Waals surface area contributed by atoms with Crippen LogP contribution in [0.25, 0.3) is 0 Å². The summed E-state index contributed by atoms with van der Waals surface area (Å²) in [5.74, 6) is -2.18. The molecule has 0 aromatic carbocycles. The van der Waals surface area contributed by atoms with Crippen molar-refractivity contribution in [2.75, 3.05) is 6.54 Å². The van der Waals surface area contributed by atoms with Gasteiger partial charge in [-0.05, 0) is 13.3 Å². The molecule has 0 spiro atoms. The molecule has 0 aliphatic carbocycles. The third-order valence-electron chi connectivity index (χ3n) is 2.80. The second-order valence-corrected chi connectivity index (χ2v) is 4.46. The Balaban J connectivity index is 2.43. The van der Waals surface area contributed by atoms with Crippen LogP contribution in [0.4, 0.5) is 18.0 Å². The number of urea groups is 1. The van der Waals surface area contributed by atoms with Gasteiger partial charge in [-0.1, -0.05) is 0 Å². The number of hydrogen-bond acceptors (Lipinski definition) is 3. The van der Waals surface area contributed by atoms with Crippen LogP contribution in [0.5, 0.6) is 0 Å². The first-order valence-corrected chi connectivity index (χ1v) is 5.98. The van der Waals surface area contributed by atoms with Crippen molar-refractivity contribution in [2.45, 2.75) is 31.6 Å². The molecular formula is C11H15F3N4O3. The molecule has 1 unspecified atom stereocenters. The van der Waals surface area contributed by atoms with Crippen molar-refractivity contribution in [3.05, 3.63) is 18.7 Å². The number of carbonyl (C=O) groups excluding carboxylic acids is 1. The number of nitrogens with zero attached hydrogens (tertiary/aromatic N) is 2. The highest BCUT2D eigenvalue weighted by molar-refractivity contribution is 5.86. The molecule has 0 saturated carbocycles. The van der Waals surface area contributed by atoms with Gasteiger partial charge in [-0.25, -0.2) is 14.6 Å². The van der Waals surface area contributed by atoms with E-state index < -0.39 is 23.7 Å². The number of carboxylic acids is 1. The van der Waals surface area contributed by atoms with E-state index in [1.54, 1.807) is 23.3 Å². The minimum absolute atomic E-state index is 0.0948. The lowest BCUT2D eigenvalue weighted by atomic mass is 10.0. The summed E-state index contributed by atoms with van der Waals surface area (Å²) in [6, 6.07) is -1.19. The lowest BCUT2D eigenvalue weighted by Crippen LogP contribution is -2.63. The normalized spacial score (nSPS) is 14.3. The van der Waals surface area contributed by atoms with E-state index in [4.69, 9.17) is 5.11 Å². The number of nitrogens with one attached hydrogen (secondary N) is 2. The Bertz CT molecular complexity index is 489. The number of rotatable bonds is 6. The lowest BCUT2D eigenvalue weighted by molar-refractivity contribution is -0.203. The summed E-state index contributed by atoms with van der Waals surface area (Å²) in [6.45, 7) is 1.01. The predicted octanol–water partition coefficient (Wildman–Crippen LogP) is 0.978. The highest BCUT2D eigenvalue weighted by atomic mass is 19.4. The first-order valence-electron chi connectivity index (χ1n) is 5.98. The van der Waals surface area contributed by atoms with E-state index in [2.05, 4.69) is 10.3 Å². The summed E-state index contributed by atoms with van der Waals surface area (Å²) in [5, 5.41) is 12.3. The van der Waals surface area contributed by atoms with Crippen LogP contribution in [0, 0.1) is 0 Å². The van der Waals surface area contributed by atoms with Gasteiger partial charge >= 0.3 is 18.2 Å². The van der Waals surface area contributed by atoms with Crippen molar-refractivity contribution in [3.8, 4) is 0 Å². The Morgan fingerprint density at radius 1 is 1.38 bits per heavy atom. The summed E-state index contributed by atoms with van der Waals surface area (Å²) in [6.07, 6.45) is 0.185. The Kier molecular flexibility index (Phi) is 5.17. The van der Waals surface area contributed by atoms with E-state index >= 15 is 0 Å². The molecule has 118 valence electrons. The lowest BCUT2D eigenvalue weighted by Gasteiger charge is -2.28. The van der Waals surface area contributed by atoms with E-state index in [0.29, 0.717) is 19.9 Å². The van der Waals surface area contributed by atoms with Gasteiger partial charge in [0.25, 0.3) is 0 Å². The summed E-state index contributed by atoms with van der Waals surface area (Å²) >= 11 is 0. The number of amides is 2. The number of aromatic nitrogens is 2. The van der Waals surface area contributed by atoms with Gasteiger partial charge in [-0.3, -0.25) is 0 Å². The van der Waals surface area contributed by atoms with Gasteiger partial charge < -0.3 is 20.3 Å². The zero-order valence-corrected chi connectivity index (χ0v) is 11.1. The van der Waals surface area contributed by atoms with Gasteiger partial charge in [0.2, 0.25) is 5.54 Å². The number of aliphatic carboxylic acids is 1. The van der Waals surface area contributed by atoms with Crippen LogP contribution in [-0.2, 0) is 11.3 Å². The van der Waals surface area contributed by atoms with Gasteiger partial charge in [0, 0.05) is 25.5 Å². The topological polar surface area (TPSA) is 96.3 Å². The van der Waals surface area contributed by atoms with Crippen molar-refractivity contribution in [1.29, 1.82) is 0 Å². The molecule has 0 radical (unpaired) electrons. The molecule has 0 aliphatic rings. The van der Waals surface area contributed by atoms with Crippen molar-refractivity contribution < 1.29 is 27.9 Å². The van der Waals surface area contributed by atoms with Crippen LogP contribution in [0.15, 0.2) is 18.7 Å². The highest BCUT2D eigenvalue weighted by Crippen LogP contribution is 2.30. The van der Waals surface area contributed by atoms with Gasteiger partial charge in [0.05, 0.1) is 6.33 Å². The molecule has 0 bridgehead atoms. The summed E-state index contributed by atoms with van der Waals surface area (Å²) in [5.41, 5.74) is -3.33. The molecule has 1 atom stereocenters. The standard InChI is InChI=1S/C11H15F3N4O3/c1-10(8(19)20,11(12,13)14)17-9(21)16-3-2-5-18-6-4-15-7-18/h4,6-7H,2-3,5H2,1H3,(H,19,20)(H2,16,17,21). The van der Waals surface area contributed by atoms with E-state index in [9.17, 15) is 22.8 Å². The molecular weight excluding hydrogens is 293 g/mol. The number of hydrogen-bond donors (Lipinski definition) is 3. The number of carbonyl (C=O) groups is 2. The SMILES string of the molecule is CC(NC(=O)NCCCn1ccnc1)(C(=O)O)C(F)(F)F. The van der Waals surface area contributed by atoms with Crippen molar-refractivity contribution in [1.82, 2.24) is 20.2 Å². The summed E-state index contributed by atoms with van der Waals surface area (Å²) in [4.78, 5) is 25.9. The third kappa shape index (κ3) is 4.36. The third-order valence-corrected chi connectivity index (χ3v) is 2.80. The average Bonchev–Trinajstić information content (AvgIpc) is 2.86. The quantitative estimate of drug-likeness (QED) is 0.683. The smallest absolute Gasteiger partial charge is 0.422 e. The van der Waals surface area contributed by atoms with E-state index in [-0.39, 0.29) is 6.54 Å². The van der Waals surface area contributed by atoms with E-state index in [0.717, 1.165) is 0 Å². The van der Waals surface area contributed by atoms with E-state index in [1.165, 1.54) is 5.32 Å². The molecule has 1 rings (SSSR count). The Morgan fingerprint density at radius 2 is 2.05 bits per heavy atom. The van der Waals surface area contributed by atoms with Gasteiger partial charge in [-0.2, -0.15) is 13.2 Å². The molecule has 0 aliphatic heterocycles. The fraction of sp³-hybridized carbons (Fsp3) is 0.545. The first kappa shape index (κ1) is 16.8. The maximum atomic E-state index is 12.7. The largest absolute Gasteiger partial charge is 0.479 e. The van der Waals surface area contributed by atoms with E-state index in [1.807, 2.05) is 0 Å². The number of imidazole rings is 1. The predicted molar refractivity (Wildman–Crippen MR) is 65.5 cm³/mol. The van der Waals surface area contributed by atoms with Gasteiger partial charge in [0.1, 0.15) is 0 Å². The summed E-state index contributed by atoms with van der Waals surface area (Å²) in [7, 11) is 0. The van der Waals surface area contributed by atoms with Crippen LogP contribution < -0.4 is 10.6 Å². The van der Waals surface area contributed by atoms with Crippen LogP contribution in [-0.4, -0.2) is 44.9 Å².